The van der Waals surface area contributed by atoms with E-state index in [1.54, 1.807) is 21.7 Å². The third-order valence-corrected chi connectivity index (χ3v) is 7.01. The van der Waals surface area contributed by atoms with Crippen molar-refractivity contribution in [2.45, 2.75) is 44.8 Å². The van der Waals surface area contributed by atoms with Crippen LogP contribution in [0, 0.1) is 29.7 Å². The molecule has 4 aromatic heterocycles. The molecule has 2 aliphatic rings. The summed E-state index contributed by atoms with van der Waals surface area (Å²) in [5, 5.41) is 27.8. The summed E-state index contributed by atoms with van der Waals surface area (Å²) in [6.07, 6.45) is 8.81. The zero-order chi connectivity index (χ0) is 23.9. The fourth-order valence-corrected chi connectivity index (χ4v) is 5.18. The van der Waals surface area contributed by atoms with Gasteiger partial charge in [0.2, 0.25) is 5.88 Å². The van der Waals surface area contributed by atoms with Gasteiger partial charge in [-0.2, -0.15) is 10.5 Å². The number of likely N-dealkylation sites (tertiary alicyclic amines) is 1. The number of rotatable bonds is 4. The summed E-state index contributed by atoms with van der Waals surface area (Å²) in [7, 11) is 0. The molecule has 0 aromatic carbocycles. The van der Waals surface area contributed by atoms with Crippen LogP contribution in [0.15, 0.2) is 36.7 Å². The predicted octanol–water partition coefficient (Wildman–Crippen LogP) is 3.35. The van der Waals surface area contributed by atoms with E-state index >= 15 is 0 Å². The number of nitriles is 2. The van der Waals surface area contributed by atoms with Gasteiger partial charge >= 0.3 is 0 Å². The van der Waals surface area contributed by atoms with E-state index in [1.165, 1.54) is 5.56 Å². The molecule has 1 saturated heterocycles. The van der Waals surface area contributed by atoms with Gasteiger partial charge in [-0.25, -0.2) is 9.67 Å². The van der Waals surface area contributed by atoms with Crippen molar-refractivity contribution in [3.05, 3.63) is 59.3 Å². The summed E-state index contributed by atoms with van der Waals surface area (Å²) in [6.45, 7) is 3.46. The van der Waals surface area contributed by atoms with Crippen LogP contribution in [0.2, 0.25) is 0 Å². The number of imidazole rings is 1. The highest BCUT2D eigenvalue weighted by atomic mass is 16.5. The van der Waals surface area contributed by atoms with Crippen LogP contribution >= 0.6 is 0 Å². The minimum absolute atomic E-state index is 0.194. The molecule has 4 aromatic rings. The van der Waals surface area contributed by atoms with E-state index in [0.29, 0.717) is 17.2 Å². The largest absolute Gasteiger partial charge is 0.469 e. The molecule has 174 valence electrons. The Labute approximate surface area is 202 Å². The molecule has 1 atom stereocenters. The fourth-order valence-electron chi connectivity index (χ4n) is 5.18. The molecule has 0 spiro atoms. The van der Waals surface area contributed by atoms with Gasteiger partial charge in [0.15, 0.2) is 6.19 Å². The Bertz CT molecular complexity index is 1500. The maximum absolute atomic E-state index is 9.65. The van der Waals surface area contributed by atoms with Gasteiger partial charge in [0.05, 0.1) is 23.6 Å². The number of aryl methyl sites for hydroxylation is 1. The van der Waals surface area contributed by atoms with Gasteiger partial charge in [0.1, 0.15) is 29.2 Å². The smallest absolute Gasteiger partial charge is 0.201 e. The van der Waals surface area contributed by atoms with Crippen molar-refractivity contribution in [1.82, 2.24) is 34.3 Å². The third kappa shape index (κ3) is 3.55. The number of fused-ring (bicyclic) bond motifs is 2. The summed E-state index contributed by atoms with van der Waals surface area (Å²) in [6, 6.07) is 10.3. The first-order valence-corrected chi connectivity index (χ1v) is 11.7. The lowest BCUT2D eigenvalue weighted by atomic mass is 10.0. The van der Waals surface area contributed by atoms with Gasteiger partial charge < -0.3 is 9.64 Å². The number of piperidine rings is 1. The van der Waals surface area contributed by atoms with Crippen LogP contribution in [0.4, 0.5) is 0 Å². The average Bonchev–Trinajstić information content (AvgIpc) is 3.61. The maximum atomic E-state index is 9.65. The topological polar surface area (TPSA) is 121 Å². The first-order chi connectivity index (χ1) is 17.2. The lowest BCUT2D eigenvalue weighted by Crippen LogP contribution is -2.31. The number of hydrogen-bond acceptors (Lipinski definition) is 8. The van der Waals surface area contributed by atoms with E-state index in [1.807, 2.05) is 29.8 Å². The van der Waals surface area contributed by atoms with Crippen molar-refractivity contribution in [1.29, 1.82) is 10.5 Å². The SMILES string of the molecule is Cc1c(-c2cc(O[C@@H]3CCc4cccnc43)n3c(C#N)cnc3c2)nnn1C1CCN(C#N)CC1. The lowest BCUT2D eigenvalue weighted by Gasteiger charge is -2.28. The summed E-state index contributed by atoms with van der Waals surface area (Å²) >= 11 is 0. The molecule has 0 N–H and O–H groups in total. The first-order valence-electron chi connectivity index (χ1n) is 11.7. The van der Waals surface area contributed by atoms with Crippen molar-refractivity contribution >= 4 is 5.65 Å². The molecule has 1 aliphatic carbocycles. The summed E-state index contributed by atoms with van der Waals surface area (Å²) in [5.41, 5.74) is 5.70. The molecule has 0 radical (unpaired) electrons. The van der Waals surface area contributed by atoms with Gasteiger partial charge in [-0.1, -0.05) is 11.3 Å². The molecule has 10 nitrogen and oxygen atoms in total. The zero-order valence-electron chi connectivity index (χ0n) is 19.3. The van der Waals surface area contributed by atoms with Crippen LogP contribution in [0.1, 0.15) is 54.1 Å². The fraction of sp³-hybridized carbons (Fsp3) is 0.360. The Morgan fingerprint density at radius 3 is 2.77 bits per heavy atom. The second kappa shape index (κ2) is 8.41. The van der Waals surface area contributed by atoms with E-state index in [2.05, 4.69) is 38.6 Å². The Morgan fingerprint density at radius 1 is 1.11 bits per heavy atom. The number of pyridine rings is 2. The van der Waals surface area contributed by atoms with Gasteiger partial charge in [0, 0.05) is 30.9 Å². The lowest BCUT2D eigenvalue weighted by molar-refractivity contribution is 0.192. The molecule has 0 bridgehead atoms. The molecule has 6 rings (SSSR count). The van der Waals surface area contributed by atoms with E-state index < -0.39 is 0 Å². The average molecular weight is 466 g/mol. The molecule has 1 fully saturated rings. The van der Waals surface area contributed by atoms with Crippen molar-refractivity contribution in [2.75, 3.05) is 13.1 Å². The normalized spacial score (nSPS) is 17.8. The number of ether oxygens (including phenoxy) is 1. The molecule has 10 heteroatoms. The predicted molar refractivity (Wildman–Crippen MR) is 125 cm³/mol. The molecule has 35 heavy (non-hydrogen) atoms. The zero-order valence-corrected chi connectivity index (χ0v) is 19.3. The van der Waals surface area contributed by atoms with Crippen LogP contribution < -0.4 is 4.74 Å². The second-order valence-corrected chi connectivity index (χ2v) is 9.01. The van der Waals surface area contributed by atoms with E-state index in [4.69, 9.17) is 10.00 Å². The third-order valence-electron chi connectivity index (χ3n) is 7.01. The van der Waals surface area contributed by atoms with Gasteiger partial charge in [-0.3, -0.25) is 9.38 Å². The molecule has 1 aliphatic heterocycles. The Kier molecular flexibility index (Phi) is 5.07. The van der Waals surface area contributed by atoms with E-state index in [-0.39, 0.29) is 12.1 Å². The quantitative estimate of drug-likeness (QED) is 0.421. The Balaban J connectivity index is 1.38. The van der Waals surface area contributed by atoms with Crippen LogP contribution in [0.5, 0.6) is 5.88 Å². The van der Waals surface area contributed by atoms with E-state index in [0.717, 1.165) is 61.4 Å². The van der Waals surface area contributed by atoms with Gasteiger partial charge in [-0.05, 0) is 50.3 Å². The van der Waals surface area contributed by atoms with Crippen LogP contribution in [-0.4, -0.2) is 47.4 Å². The molecular weight excluding hydrogens is 442 g/mol. The summed E-state index contributed by atoms with van der Waals surface area (Å²) < 4.78 is 10.2. The monoisotopic (exact) mass is 465 g/mol. The number of nitrogens with zero attached hydrogens (tertiary/aromatic N) is 9. The maximum Gasteiger partial charge on any atom is 0.201 e. The first kappa shape index (κ1) is 21.1. The van der Waals surface area contributed by atoms with Crippen molar-refractivity contribution in [3.63, 3.8) is 0 Å². The highest BCUT2D eigenvalue weighted by molar-refractivity contribution is 5.68. The molecule has 5 heterocycles. The van der Waals surface area contributed by atoms with Crippen molar-refractivity contribution < 1.29 is 4.74 Å². The van der Waals surface area contributed by atoms with Crippen molar-refractivity contribution in [2.24, 2.45) is 0 Å². The summed E-state index contributed by atoms with van der Waals surface area (Å²) in [4.78, 5) is 10.8. The Hall–Kier alpha value is -4.44. The van der Waals surface area contributed by atoms with Crippen LogP contribution in [-0.2, 0) is 6.42 Å². The molecule has 0 amide bonds. The Morgan fingerprint density at radius 2 is 1.97 bits per heavy atom. The highest BCUT2D eigenvalue weighted by Gasteiger charge is 2.28. The number of hydrogen-bond donors (Lipinski definition) is 0. The summed E-state index contributed by atoms with van der Waals surface area (Å²) in [5.74, 6) is 0.534. The van der Waals surface area contributed by atoms with Crippen molar-refractivity contribution in [3.8, 4) is 29.4 Å². The standard InChI is InChI=1S/C25H23N9O/c1-16-24(30-31-34(16)19-6-9-32(15-27)10-7-19)18-11-22-29-14-20(13-26)33(22)23(12-18)35-21-5-4-17-3-2-8-28-25(17)21/h2-3,8,11-12,14,19,21H,4-7,9-10H2,1H3/t21-/m1/s1. The van der Waals surface area contributed by atoms with Crippen LogP contribution in [0.3, 0.4) is 0 Å². The van der Waals surface area contributed by atoms with Gasteiger partial charge in [-0.15, -0.1) is 5.10 Å². The minimum Gasteiger partial charge on any atom is -0.469 e. The van der Waals surface area contributed by atoms with E-state index in [9.17, 15) is 5.26 Å². The highest BCUT2D eigenvalue weighted by Crippen LogP contribution is 2.36. The van der Waals surface area contributed by atoms with Crippen LogP contribution in [0.25, 0.3) is 16.9 Å². The molecule has 0 unspecified atom stereocenters. The second-order valence-electron chi connectivity index (χ2n) is 9.01. The minimum atomic E-state index is -0.194. The molecule has 0 saturated carbocycles. The molecular formula is C25H23N9O. The van der Waals surface area contributed by atoms with Gasteiger partial charge in [0.25, 0.3) is 0 Å². The number of aromatic nitrogens is 6.